The quantitative estimate of drug-likeness (QED) is 0.296. The number of carboxylic acids is 2. The molecule has 0 saturated heterocycles. The Morgan fingerprint density at radius 1 is 1.00 bits per heavy atom. The van der Waals surface area contributed by atoms with Crippen LogP contribution in [0, 0.1) is 0 Å². The molecular weight excluding hydrogens is 134 g/mol. The Hall–Kier alpha value is 1.17. The van der Waals surface area contributed by atoms with Crippen molar-refractivity contribution in [3.8, 4) is 0 Å². The Balaban J connectivity index is -0.000000125. The molecule has 0 spiro atoms. The third kappa shape index (κ3) is 10.2. The summed E-state index contributed by atoms with van der Waals surface area (Å²) >= 11 is 0. The molecule has 4 nitrogen and oxygen atoms in total. The third-order valence-corrected chi connectivity index (χ3v) is 0.183. The molecular formula is C2H4KLiO4. The molecule has 0 aliphatic heterocycles. The number of aliphatic carboxylic acids is 2. The van der Waals surface area contributed by atoms with Crippen LogP contribution in [0.1, 0.15) is 0 Å². The van der Waals surface area contributed by atoms with Gasteiger partial charge in [0.25, 0.3) is 0 Å². The number of rotatable bonds is 0. The van der Waals surface area contributed by atoms with Gasteiger partial charge in [0.05, 0.1) is 0 Å². The molecule has 6 heteroatoms. The molecule has 0 rings (SSSR count). The SMILES string of the molecule is O=C(O)C(=O)O.[KH].[LiH]. The van der Waals surface area contributed by atoms with E-state index in [0.717, 1.165) is 0 Å². The molecule has 0 aliphatic carbocycles. The van der Waals surface area contributed by atoms with Gasteiger partial charge in [0.15, 0.2) is 0 Å². The van der Waals surface area contributed by atoms with Crippen molar-refractivity contribution in [1.29, 1.82) is 0 Å². The van der Waals surface area contributed by atoms with Gasteiger partial charge in [0.1, 0.15) is 0 Å². The summed E-state index contributed by atoms with van der Waals surface area (Å²) in [6, 6.07) is 0. The molecule has 0 aliphatic rings. The van der Waals surface area contributed by atoms with E-state index in [1.807, 2.05) is 0 Å². The van der Waals surface area contributed by atoms with E-state index in [1.165, 1.54) is 0 Å². The topological polar surface area (TPSA) is 74.6 Å². The van der Waals surface area contributed by atoms with Crippen LogP contribution < -0.4 is 0 Å². The first-order chi connectivity index (χ1) is 2.64. The zero-order valence-electron chi connectivity index (χ0n) is 2.71. The molecule has 0 aromatic heterocycles. The van der Waals surface area contributed by atoms with Crippen molar-refractivity contribution in [2.45, 2.75) is 0 Å². The predicted octanol–water partition coefficient (Wildman–Crippen LogP) is -2.14. The van der Waals surface area contributed by atoms with E-state index >= 15 is 0 Å². The molecule has 0 atom stereocenters. The molecule has 0 aromatic rings. The van der Waals surface area contributed by atoms with Crippen LogP contribution in [0.15, 0.2) is 0 Å². The first-order valence-electron chi connectivity index (χ1n) is 1.11. The average molecular weight is 138 g/mol. The Labute approximate surface area is 100 Å². The minimum absolute atomic E-state index is 0. The first kappa shape index (κ1) is 16.1. The van der Waals surface area contributed by atoms with Gasteiger partial charge in [-0.15, -0.1) is 0 Å². The van der Waals surface area contributed by atoms with E-state index in [0.29, 0.717) is 0 Å². The van der Waals surface area contributed by atoms with E-state index in [9.17, 15) is 0 Å². The molecule has 38 valence electrons. The fourth-order valence-corrected chi connectivity index (χ4v) is 0. The van der Waals surface area contributed by atoms with Crippen LogP contribution in [-0.4, -0.2) is 92.4 Å². The standard InChI is InChI=1S/C2H2O4.K.Li.2H/c3-1(4)2(5)6;;;;/h(H,3,4)(H,5,6);;;;. The number of carbonyl (C=O) groups is 2. The van der Waals surface area contributed by atoms with Crippen molar-refractivity contribution in [1.82, 2.24) is 0 Å². The van der Waals surface area contributed by atoms with Crippen LogP contribution in [0.5, 0.6) is 0 Å². The van der Waals surface area contributed by atoms with Crippen molar-refractivity contribution in [3.05, 3.63) is 0 Å². The molecule has 0 saturated carbocycles. The average Bonchev–Trinajstić information content (AvgIpc) is 1.36. The van der Waals surface area contributed by atoms with Crippen molar-refractivity contribution in [2.75, 3.05) is 0 Å². The van der Waals surface area contributed by atoms with Gasteiger partial charge < -0.3 is 10.2 Å². The van der Waals surface area contributed by atoms with Gasteiger partial charge in [-0.1, -0.05) is 0 Å². The second kappa shape index (κ2) is 8.17. The summed E-state index contributed by atoms with van der Waals surface area (Å²) in [7, 11) is 0. The Morgan fingerprint density at radius 3 is 1.12 bits per heavy atom. The summed E-state index contributed by atoms with van der Waals surface area (Å²) < 4.78 is 0. The van der Waals surface area contributed by atoms with Crippen LogP contribution in [-0.2, 0) is 9.59 Å². The second-order valence-electron chi connectivity index (χ2n) is 0.610. The zero-order valence-corrected chi connectivity index (χ0v) is 2.71. The van der Waals surface area contributed by atoms with Crippen LogP contribution >= 0.6 is 0 Å². The molecule has 2 N–H and O–H groups in total. The second-order valence-corrected chi connectivity index (χ2v) is 0.610. The van der Waals surface area contributed by atoms with E-state index in [1.54, 1.807) is 0 Å². The summed E-state index contributed by atoms with van der Waals surface area (Å²) in [6.07, 6.45) is 0. The zero-order chi connectivity index (χ0) is 5.15. The van der Waals surface area contributed by atoms with Crippen molar-refractivity contribution < 1.29 is 19.8 Å². The monoisotopic (exact) mass is 138 g/mol. The van der Waals surface area contributed by atoms with Gasteiger partial charge in [0.2, 0.25) is 0 Å². The number of carboxylic acid groups (broad SMARTS) is 2. The predicted molar refractivity (Wildman–Crippen MR) is 29.6 cm³/mol. The van der Waals surface area contributed by atoms with Crippen LogP contribution in [0.2, 0.25) is 0 Å². The molecule has 0 aromatic carbocycles. The van der Waals surface area contributed by atoms with Crippen molar-refractivity contribution in [2.24, 2.45) is 0 Å². The summed E-state index contributed by atoms with van der Waals surface area (Å²) in [4.78, 5) is 18.2. The van der Waals surface area contributed by atoms with Gasteiger partial charge in [-0.25, -0.2) is 9.59 Å². The summed E-state index contributed by atoms with van der Waals surface area (Å²) in [5.74, 6) is -3.65. The van der Waals surface area contributed by atoms with Gasteiger partial charge >= 0.3 is 82.2 Å². The Kier molecular flexibility index (Phi) is 16.4. The molecule has 0 heterocycles. The Morgan fingerprint density at radius 2 is 1.12 bits per heavy atom. The first-order valence-corrected chi connectivity index (χ1v) is 1.11. The van der Waals surface area contributed by atoms with Crippen LogP contribution in [0.25, 0.3) is 0 Å². The van der Waals surface area contributed by atoms with E-state index in [4.69, 9.17) is 19.8 Å². The fraction of sp³-hybridized carbons (Fsp3) is 0. The molecule has 8 heavy (non-hydrogen) atoms. The van der Waals surface area contributed by atoms with Gasteiger partial charge in [-0.2, -0.15) is 0 Å². The van der Waals surface area contributed by atoms with Crippen molar-refractivity contribution in [3.63, 3.8) is 0 Å². The van der Waals surface area contributed by atoms with Crippen LogP contribution in [0.3, 0.4) is 0 Å². The third-order valence-electron chi connectivity index (χ3n) is 0.183. The molecule has 0 fully saturated rings. The van der Waals surface area contributed by atoms with Gasteiger partial charge in [-0.3, -0.25) is 0 Å². The van der Waals surface area contributed by atoms with Crippen LogP contribution in [0.4, 0.5) is 0 Å². The molecule has 0 radical (unpaired) electrons. The van der Waals surface area contributed by atoms with E-state index in [2.05, 4.69) is 0 Å². The Bertz CT molecular complexity index is 80.0. The summed E-state index contributed by atoms with van der Waals surface area (Å²) in [5, 5.41) is 14.8. The number of hydrogen-bond acceptors (Lipinski definition) is 2. The van der Waals surface area contributed by atoms with Gasteiger partial charge in [-0.05, 0) is 0 Å². The summed E-state index contributed by atoms with van der Waals surface area (Å²) in [5.41, 5.74) is 0. The molecule has 0 unspecified atom stereocenters. The summed E-state index contributed by atoms with van der Waals surface area (Å²) in [6.45, 7) is 0. The normalized spacial score (nSPS) is 5.50. The fourth-order valence-electron chi connectivity index (χ4n) is 0. The minimum atomic E-state index is -1.82. The molecule has 0 bridgehead atoms. The van der Waals surface area contributed by atoms with Gasteiger partial charge in [0, 0.05) is 0 Å². The maximum absolute atomic E-state index is 9.10. The van der Waals surface area contributed by atoms with E-state index < -0.39 is 11.9 Å². The van der Waals surface area contributed by atoms with Crippen molar-refractivity contribution >= 4 is 82.2 Å². The maximum atomic E-state index is 9.10. The molecule has 0 amide bonds. The number of hydrogen-bond donors (Lipinski definition) is 2. The van der Waals surface area contributed by atoms with E-state index in [-0.39, 0.29) is 70.2 Å².